The van der Waals surface area contributed by atoms with Crippen LogP contribution in [0.1, 0.15) is 25.0 Å². The summed E-state index contributed by atoms with van der Waals surface area (Å²) in [4.78, 5) is 0. The van der Waals surface area contributed by atoms with Crippen LogP contribution < -0.4 is 0 Å². The summed E-state index contributed by atoms with van der Waals surface area (Å²) in [7, 11) is 0. The molecule has 46 heavy (non-hydrogen) atoms. The van der Waals surface area contributed by atoms with Gasteiger partial charge in [-0.2, -0.15) is 0 Å². The van der Waals surface area contributed by atoms with E-state index >= 15 is 0 Å². The first-order valence-corrected chi connectivity index (χ1v) is 16.1. The second-order valence-corrected chi connectivity index (χ2v) is 13.2. The summed E-state index contributed by atoms with van der Waals surface area (Å²) in [5.41, 5.74) is 12.2. The van der Waals surface area contributed by atoms with E-state index in [1.165, 1.54) is 71.3 Å². The van der Waals surface area contributed by atoms with E-state index in [9.17, 15) is 0 Å². The first-order chi connectivity index (χ1) is 22.6. The number of rotatable bonds is 2. The van der Waals surface area contributed by atoms with Gasteiger partial charge in [0, 0.05) is 27.3 Å². The molecular weight excluding hydrogens is 556 g/mol. The van der Waals surface area contributed by atoms with Gasteiger partial charge in [-0.05, 0) is 77.8 Å². The van der Waals surface area contributed by atoms with Crippen LogP contribution in [0.5, 0.6) is 0 Å². The lowest BCUT2D eigenvalue weighted by molar-refractivity contribution is 0.661. The van der Waals surface area contributed by atoms with E-state index in [0.717, 1.165) is 27.5 Å². The Bertz CT molecular complexity index is 2660. The van der Waals surface area contributed by atoms with Crippen LogP contribution in [-0.2, 0) is 5.41 Å². The normalized spacial score (nSPS) is 13.6. The summed E-state index contributed by atoms with van der Waals surface area (Å²) < 4.78 is 6.59. The molecule has 1 aromatic heterocycles. The van der Waals surface area contributed by atoms with Gasteiger partial charge in [-0.3, -0.25) is 0 Å². The highest BCUT2D eigenvalue weighted by atomic mass is 16.3. The second kappa shape index (κ2) is 9.19. The van der Waals surface area contributed by atoms with Crippen LogP contribution in [0.4, 0.5) is 0 Å². The topological polar surface area (TPSA) is 13.1 Å². The molecule has 1 nitrogen and oxygen atoms in total. The highest BCUT2D eigenvalue weighted by Crippen LogP contribution is 2.53. The van der Waals surface area contributed by atoms with E-state index in [1.807, 2.05) is 6.07 Å². The van der Waals surface area contributed by atoms with Gasteiger partial charge in [-0.15, -0.1) is 0 Å². The van der Waals surface area contributed by atoms with Crippen LogP contribution >= 0.6 is 0 Å². The summed E-state index contributed by atoms with van der Waals surface area (Å²) >= 11 is 0. The molecule has 1 aliphatic rings. The monoisotopic (exact) mass is 586 g/mol. The van der Waals surface area contributed by atoms with Gasteiger partial charge in [0.15, 0.2) is 0 Å². The van der Waals surface area contributed by atoms with Crippen molar-refractivity contribution >= 4 is 54.3 Å². The summed E-state index contributed by atoms with van der Waals surface area (Å²) in [6, 6.07) is 53.4. The van der Waals surface area contributed by atoms with Crippen molar-refractivity contribution in [1.82, 2.24) is 0 Å². The maximum Gasteiger partial charge on any atom is 0.143 e. The van der Waals surface area contributed by atoms with Crippen LogP contribution in [0.3, 0.4) is 0 Å². The van der Waals surface area contributed by atoms with Crippen LogP contribution in [0.2, 0.25) is 0 Å². The Kier molecular flexibility index (Phi) is 5.12. The van der Waals surface area contributed by atoms with Gasteiger partial charge < -0.3 is 4.42 Å². The molecule has 0 unspecified atom stereocenters. The highest BCUT2D eigenvalue weighted by Gasteiger charge is 2.36. The maximum absolute atomic E-state index is 6.59. The molecule has 0 saturated heterocycles. The Balaban J connectivity index is 1.30. The number of hydrogen-bond acceptors (Lipinski definition) is 1. The molecule has 0 spiro atoms. The van der Waals surface area contributed by atoms with Crippen molar-refractivity contribution in [2.75, 3.05) is 0 Å². The third kappa shape index (κ3) is 3.35. The lowest BCUT2D eigenvalue weighted by Crippen LogP contribution is -2.14. The standard InChI is InChI=1S/C45H30O/c1-45(2)38-24-23-28(26-37(38)43-29-13-4-3-12-27(29)22-25-39(43)45)41-31-15-5-7-17-33(31)42(34-18-8-6-16-32(34)41)36-20-11-19-35-30-14-9-10-21-40(30)46-44(35)36/h3-26H,1-2H3. The fraction of sp³-hybridized carbons (Fsp3) is 0.0667. The van der Waals surface area contributed by atoms with Crippen molar-refractivity contribution < 1.29 is 4.42 Å². The molecule has 0 radical (unpaired) electrons. The lowest BCUT2D eigenvalue weighted by Gasteiger charge is -2.22. The SMILES string of the molecule is CC1(C)c2ccc(-c3c4ccccc4c(-c4cccc5c4oc4ccccc45)c4ccccc34)cc2-c2c1ccc1ccccc21. The average molecular weight is 587 g/mol. The van der Waals surface area contributed by atoms with Gasteiger partial charge in [0.1, 0.15) is 11.2 Å². The molecule has 1 aliphatic carbocycles. The molecule has 1 heterocycles. The van der Waals surface area contributed by atoms with Crippen LogP contribution in [-0.4, -0.2) is 0 Å². The zero-order chi connectivity index (χ0) is 30.6. The molecule has 9 aromatic rings. The molecule has 0 atom stereocenters. The number of benzene rings is 8. The molecule has 8 aromatic carbocycles. The lowest BCUT2D eigenvalue weighted by atomic mass is 9.81. The Morgan fingerprint density at radius 2 is 1.00 bits per heavy atom. The van der Waals surface area contributed by atoms with Crippen molar-refractivity contribution in [2.24, 2.45) is 0 Å². The van der Waals surface area contributed by atoms with E-state index in [2.05, 4.69) is 153 Å². The first-order valence-electron chi connectivity index (χ1n) is 16.1. The number of hydrogen-bond donors (Lipinski definition) is 0. The van der Waals surface area contributed by atoms with E-state index < -0.39 is 0 Å². The molecule has 0 aliphatic heterocycles. The first kappa shape index (κ1) is 25.6. The Morgan fingerprint density at radius 3 is 1.74 bits per heavy atom. The van der Waals surface area contributed by atoms with Gasteiger partial charge in [-0.1, -0.05) is 147 Å². The predicted molar refractivity (Wildman–Crippen MR) is 195 cm³/mol. The summed E-state index contributed by atoms with van der Waals surface area (Å²) in [6.07, 6.45) is 0. The smallest absolute Gasteiger partial charge is 0.143 e. The fourth-order valence-electron chi connectivity index (χ4n) is 8.35. The molecule has 1 heteroatoms. The highest BCUT2D eigenvalue weighted by molar-refractivity contribution is 6.24. The van der Waals surface area contributed by atoms with Gasteiger partial charge in [0.2, 0.25) is 0 Å². The zero-order valence-electron chi connectivity index (χ0n) is 25.8. The molecule has 0 N–H and O–H groups in total. The van der Waals surface area contributed by atoms with Crippen molar-refractivity contribution in [2.45, 2.75) is 19.3 Å². The van der Waals surface area contributed by atoms with E-state index in [0.29, 0.717) is 0 Å². The molecule has 0 saturated carbocycles. The number of furan rings is 1. The van der Waals surface area contributed by atoms with Crippen LogP contribution in [0, 0.1) is 0 Å². The van der Waals surface area contributed by atoms with Crippen LogP contribution in [0.15, 0.2) is 150 Å². The molecule has 216 valence electrons. The zero-order valence-corrected chi connectivity index (χ0v) is 25.8. The number of para-hydroxylation sites is 2. The molecule has 0 fully saturated rings. The molecular formula is C45H30O. The summed E-state index contributed by atoms with van der Waals surface area (Å²) in [5, 5.41) is 9.88. The summed E-state index contributed by atoms with van der Waals surface area (Å²) in [6.45, 7) is 4.73. The van der Waals surface area contributed by atoms with E-state index in [4.69, 9.17) is 4.42 Å². The second-order valence-electron chi connectivity index (χ2n) is 13.2. The summed E-state index contributed by atoms with van der Waals surface area (Å²) in [5.74, 6) is 0. The third-order valence-electron chi connectivity index (χ3n) is 10.5. The molecule has 0 bridgehead atoms. The van der Waals surface area contributed by atoms with Gasteiger partial charge in [0.05, 0.1) is 0 Å². The number of fused-ring (bicyclic) bond motifs is 10. The minimum atomic E-state index is -0.0630. The Hall–Kier alpha value is -5.66. The van der Waals surface area contributed by atoms with E-state index in [-0.39, 0.29) is 5.41 Å². The van der Waals surface area contributed by atoms with Crippen molar-refractivity contribution in [1.29, 1.82) is 0 Å². The predicted octanol–water partition coefficient (Wildman–Crippen LogP) is 12.7. The minimum Gasteiger partial charge on any atom is -0.455 e. The van der Waals surface area contributed by atoms with Crippen molar-refractivity contribution in [3.63, 3.8) is 0 Å². The van der Waals surface area contributed by atoms with Gasteiger partial charge in [-0.25, -0.2) is 0 Å². The maximum atomic E-state index is 6.59. The average Bonchev–Trinajstić information content (AvgIpc) is 3.59. The van der Waals surface area contributed by atoms with Crippen molar-refractivity contribution in [3.8, 4) is 33.4 Å². The van der Waals surface area contributed by atoms with Crippen molar-refractivity contribution in [3.05, 3.63) is 157 Å². The van der Waals surface area contributed by atoms with Gasteiger partial charge >= 0.3 is 0 Å². The Labute approximate surface area is 267 Å². The van der Waals surface area contributed by atoms with Gasteiger partial charge in [0.25, 0.3) is 0 Å². The fourth-order valence-corrected chi connectivity index (χ4v) is 8.35. The van der Waals surface area contributed by atoms with Crippen LogP contribution in [0.25, 0.3) is 87.6 Å². The third-order valence-corrected chi connectivity index (χ3v) is 10.5. The molecule has 0 amide bonds. The minimum absolute atomic E-state index is 0.0630. The van der Waals surface area contributed by atoms with E-state index in [1.54, 1.807) is 0 Å². The quantitative estimate of drug-likeness (QED) is 0.184. The Morgan fingerprint density at radius 1 is 0.413 bits per heavy atom. The molecule has 10 rings (SSSR count). The largest absolute Gasteiger partial charge is 0.455 e.